The third kappa shape index (κ3) is 2.58. The van der Waals surface area contributed by atoms with E-state index in [1.165, 1.54) is 11.1 Å². The van der Waals surface area contributed by atoms with Gasteiger partial charge in [-0.25, -0.2) is 0 Å². The first-order valence-electron chi connectivity index (χ1n) is 6.16. The van der Waals surface area contributed by atoms with Gasteiger partial charge in [0.1, 0.15) is 0 Å². The molecule has 2 heteroatoms. The maximum atomic E-state index is 6.45. The number of hydrogen-bond donors (Lipinski definition) is 1. The molecule has 0 bridgehead atoms. The first-order valence-corrected chi connectivity index (χ1v) is 6.16. The van der Waals surface area contributed by atoms with E-state index >= 15 is 0 Å². The van der Waals surface area contributed by atoms with Crippen molar-refractivity contribution in [3.63, 3.8) is 0 Å². The number of nitrogens with two attached hydrogens (primary N) is 1. The lowest BCUT2D eigenvalue weighted by Gasteiger charge is -2.11. The van der Waals surface area contributed by atoms with E-state index in [9.17, 15) is 0 Å². The van der Waals surface area contributed by atoms with Gasteiger partial charge in [-0.2, -0.15) is 0 Å². The maximum absolute atomic E-state index is 6.45. The molecule has 1 aliphatic carbocycles. The molecule has 2 aromatic carbocycles. The molecule has 18 heavy (non-hydrogen) atoms. The smallest absolute Gasteiger partial charge is 0.0271 e. The van der Waals surface area contributed by atoms with Crippen molar-refractivity contribution in [1.82, 2.24) is 0 Å². The van der Waals surface area contributed by atoms with Gasteiger partial charge >= 0.3 is 0 Å². The number of halogens is 1. The molecule has 1 nitrogen and oxygen atoms in total. The fourth-order valence-electron chi connectivity index (χ4n) is 2.63. The highest BCUT2D eigenvalue weighted by molar-refractivity contribution is 5.85. The van der Waals surface area contributed by atoms with Crippen LogP contribution in [-0.4, -0.2) is 5.54 Å². The fraction of sp³-hybridized carbons (Fsp3) is 0.250. The van der Waals surface area contributed by atoms with Crippen LogP contribution < -0.4 is 5.73 Å². The first-order chi connectivity index (χ1) is 8.28. The molecule has 0 spiro atoms. The van der Waals surface area contributed by atoms with Crippen molar-refractivity contribution in [3.05, 3.63) is 71.8 Å². The van der Waals surface area contributed by atoms with E-state index in [2.05, 4.69) is 54.6 Å². The second kappa shape index (κ2) is 5.13. The predicted octanol–water partition coefficient (Wildman–Crippen LogP) is 3.54. The molecule has 0 unspecified atom stereocenters. The Kier molecular flexibility index (Phi) is 3.74. The molecule has 0 radical (unpaired) electrons. The van der Waals surface area contributed by atoms with Crippen molar-refractivity contribution in [2.45, 2.75) is 24.3 Å². The summed E-state index contributed by atoms with van der Waals surface area (Å²) < 4.78 is 0. The molecule has 0 saturated heterocycles. The number of rotatable bonds is 3. The van der Waals surface area contributed by atoms with Gasteiger partial charge < -0.3 is 5.73 Å². The lowest BCUT2D eigenvalue weighted by molar-refractivity contribution is 0.646. The summed E-state index contributed by atoms with van der Waals surface area (Å²) in [6.07, 6.45) is 2.08. The third-order valence-electron chi connectivity index (χ3n) is 3.70. The Morgan fingerprint density at radius 3 is 2.11 bits per heavy atom. The van der Waals surface area contributed by atoms with Crippen LogP contribution >= 0.6 is 12.4 Å². The molecule has 2 aromatic rings. The highest BCUT2D eigenvalue weighted by Crippen LogP contribution is 2.51. The van der Waals surface area contributed by atoms with Gasteiger partial charge in [0.2, 0.25) is 0 Å². The normalized spacial score (nSPS) is 25.3. The van der Waals surface area contributed by atoms with Gasteiger partial charge in [0.25, 0.3) is 0 Å². The largest absolute Gasteiger partial charge is 0.324 e. The zero-order valence-electron chi connectivity index (χ0n) is 10.3. The van der Waals surface area contributed by atoms with Crippen molar-refractivity contribution in [2.75, 3.05) is 0 Å². The quantitative estimate of drug-likeness (QED) is 0.897. The van der Waals surface area contributed by atoms with Crippen LogP contribution in [0.1, 0.15) is 23.5 Å². The average Bonchev–Trinajstić information content (AvgIpc) is 3.03. The highest BCUT2D eigenvalue weighted by atomic mass is 35.5. The van der Waals surface area contributed by atoms with E-state index in [-0.39, 0.29) is 17.9 Å². The van der Waals surface area contributed by atoms with Gasteiger partial charge in [-0.1, -0.05) is 60.7 Å². The summed E-state index contributed by atoms with van der Waals surface area (Å²) in [5.74, 6) is 0.531. The lowest BCUT2D eigenvalue weighted by atomic mass is 10.00. The van der Waals surface area contributed by atoms with Crippen molar-refractivity contribution in [3.8, 4) is 0 Å². The first kappa shape index (κ1) is 13.1. The summed E-state index contributed by atoms with van der Waals surface area (Å²) in [5.41, 5.74) is 9.15. The topological polar surface area (TPSA) is 26.0 Å². The van der Waals surface area contributed by atoms with Crippen LogP contribution in [0.3, 0.4) is 0 Å². The summed E-state index contributed by atoms with van der Waals surface area (Å²) in [7, 11) is 0. The number of hydrogen-bond acceptors (Lipinski definition) is 1. The molecule has 2 atom stereocenters. The molecular weight excluding hydrogens is 242 g/mol. The van der Waals surface area contributed by atoms with Gasteiger partial charge in [-0.15, -0.1) is 12.4 Å². The van der Waals surface area contributed by atoms with Crippen molar-refractivity contribution >= 4 is 12.4 Å². The second-order valence-corrected chi connectivity index (χ2v) is 5.06. The van der Waals surface area contributed by atoms with Crippen LogP contribution in [-0.2, 0) is 6.42 Å². The van der Waals surface area contributed by atoms with Crippen LogP contribution in [0.25, 0.3) is 0 Å². The lowest BCUT2D eigenvalue weighted by Crippen LogP contribution is -2.27. The molecule has 1 saturated carbocycles. The Bertz CT molecular complexity index is 497. The van der Waals surface area contributed by atoms with Gasteiger partial charge in [0.15, 0.2) is 0 Å². The predicted molar refractivity (Wildman–Crippen MR) is 78.1 cm³/mol. The van der Waals surface area contributed by atoms with Gasteiger partial charge in [-0.3, -0.25) is 0 Å². The van der Waals surface area contributed by atoms with Gasteiger partial charge in [0.05, 0.1) is 0 Å². The minimum atomic E-state index is -0.0251. The summed E-state index contributed by atoms with van der Waals surface area (Å²) in [5, 5.41) is 0. The summed E-state index contributed by atoms with van der Waals surface area (Å²) >= 11 is 0. The fourth-order valence-corrected chi connectivity index (χ4v) is 2.63. The number of benzene rings is 2. The van der Waals surface area contributed by atoms with E-state index in [1.54, 1.807) is 0 Å². The van der Waals surface area contributed by atoms with Crippen molar-refractivity contribution in [1.29, 1.82) is 0 Å². The molecule has 2 N–H and O–H groups in total. The van der Waals surface area contributed by atoms with E-state index in [4.69, 9.17) is 5.73 Å². The zero-order valence-corrected chi connectivity index (χ0v) is 11.1. The van der Waals surface area contributed by atoms with Crippen LogP contribution in [0.2, 0.25) is 0 Å². The Hall–Kier alpha value is -1.31. The molecule has 1 fully saturated rings. The highest BCUT2D eigenvalue weighted by Gasteiger charge is 2.51. The van der Waals surface area contributed by atoms with Crippen LogP contribution in [0, 0.1) is 0 Å². The maximum Gasteiger partial charge on any atom is 0.0271 e. The van der Waals surface area contributed by atoms with Gasteiger partial charge in [-0.05, 0) is 24.0 Å². The molecule has 1 aliphatic rings. The minimum absolute atomic E-state index is 0. The van der Waals surface area contributed by atoms with Crippen LogP contribution in [0.4, 0.5) is 0 Å². The summed E-state index contributed by atoms with van der Waals surface area (Å²) in [6.45, 7) is 0. The Morgan fingerprint density at radius 2 is 1.50 bits per heavy atom. The van der Waals surface area contributed by atoms with Crippen LogP contribution in [0.5, 0.6) is 0 Å². The molecule has 0 heterocycles. The Labute approximate surface area is 114 Å². The molecule has 94 valence electrons. The Balaban J connectivity index is 0.00000120. The SMILES string of the molecule is Cl.N[C@]1(Cc2ccccc2)C[C@@H]1c1ccccc1. The van der Waals surface area contributed by atoms with Crippen LogP contribution in [0.15, 0.2) is 60.7 Å². The van der Waals surface area contributed by atoms with Crippen molar-refractivity contribution in [2.24, 2.45) is 5.73 Å². The summed E-state index contributed by atoms with van der Waals surface area (Å²) in [6, 6.07) is 21.2. The average molecular weight is 260 g/mol. The molecule has 0 amide bonds. The molecule has 3 rings (SSSR count). The van der Waals surface area contributed by atoms with E-state index in [1.807, 2.05) is 6.07 Å². The molecular formula is C16H18ClN. The van der Waals surface area contributed by atoms with Gasteiger partial charge in [0, 0.05) is 11.5 Å². The minimum Gasteiger partial charge on any atom is -0.324 e. The monoisotopic (exact) mass is 259 g/mol. The standard InChI is InChI=1S/C16H17N.ClH/c17-16(11-13-7-3-1-4-8-13)12-15(16)14-9-5-2-6-10-14;/h1-10,15H,11-12,17H2;1H/t15-,16-;/m1./s1. The van der Waals surface area contributed by atoms with E-state index < -0.39 is 0 Å². The zero-order chi connectivity index (χ0) is 11.7. The van der Waals surface area contributed by atoms with E-state index in [0.29, 0.717) is 5.92 Å². The summed E-state index contributed by atoms with van der Waals surface area (Å²) in [4.78, 5) is 0. The van der Waals surface area contributed by atoms with Crippen molar-refractivity contribution < 1.29 is 0 Å². The third-order valence-corrected chi connectivity index (χ3v) is 3.70. The second-order valence-electron chi connectivity index (χ2n) is 5.06. The Morgan fingerprint density at radius 1 is 0.944 bits per heavy atom. The molecule has 0 aliphatic heterocycles. The molecule has 0 aromatic heterocycles. The van der Waals surface area contributed by atoms with E-state index in [0.717, 1.165) is 12.8 Å².